The average Bonchev–Trinajstić information content (AvgIpc) is 3.79. The second-order valence-corrected chi connectivity index (χ2v) is 9.84. The quantitative estimate of drug-likeness (QED) is 0.573. The summed E-state index contributed by atoms with van der Waals surface area (Å²) in [6.07, 6.45) is -0.0973. The summed E-state index contributed by atoms with van der Waals surface area (Å²) in [5, 5.41) is 2.70. The number of nitrogens with one attached hydrogen (secondary N) is 1. The Morgan fingerprint density at radius 2 is 1.68 bits per heavy atom. The fourth-order valence-corrected chi connectivity index (χ4v) is 4.27. The molecule has 2 aliphatic carbocycles. The molecule has 8 nitrogen and oxygen atoms in total. The first-order valence-electron chi connectivity index (χ1n) is 12.6. The van der Waals surface area contributed by atoms with Crippen molar-refractivity contribution in [1.29, 1.82) is 0 Å². The van der Waals surface area contributed by atoms with Gasteiger partial charge >= 0.3 is 6.18 Å². The maximum absolute atomic E-state index is 12.9. The topological polar surface area (TPSA) is 109 Å². The Morgan fingerprint density at radius 1 is 1.11 bits per heavy atom. The van der Waals surface area contributed by atoms with Crippen molar-refractivity contribution in [3.8, 4) is 0 Å². The number of carbonyl (C=O) groups is 3. The van der Waals surface area contributed by atoms with Crippen LogP contribution < -0.4 is 11.1 Å². The predicted octanol–water partition coefficient (Wildman–Crippen LogP) is 4.20. The molecule has 5 rings (SSSR count). The number of amides is 3. The van der Waals surface area contributed by atoms with Crippen molar-refractivity contribution in [2.45, 2.75) is 57.7 Å². The van der Waals surface area contributed by atoms with Crippen LogP contribution in [0.5, 0.6) is 0 Å². The van der Waals surface area contributed by atoms with Crippen LogP contribution in [0.1, 0.15) is 51.0 Å². The Hall–Kier alpha value is -3.63. The molecular weight excluding hydrogens is 499 g/mol. The molecule has 11 heteroatoms. The summed E-state index contributed by atoms with van der Waals surface area (Å²) >= 11 is 0. The van der Waals surface area contributed by atoms with Gasteiger partial charge in [0.25, 0.3) is 0 Å². The second kappa shape index (κ2) is 12.3. The zero-order chi connectivity index (χ0) is 27.9. The smallest absolute Gasteiger partial charge is 0.383 e. The van der Waals surface area contributed by atoms with E-state index < -0.39 is 17.5 Å². The molecule has 0 spiro atoms. The van der Waals surface area contributed by atoms with Crippen LogP contribution >= 0.6 is 0 Å². The third kappa shape index (κ3) is 7.45. The highest BCUT2D eigenvalue weighted by Crippen LogP contribution is 2.58. The molecule has 206 valence electrons. The summed E-state index contributed by atoms with van der Waals surface area (Å²) in [5.74, 6) is 0.226. The molecule has 0 radical (unpaired) electrons. The van der Waals surface area contributed by atoms with Gasteiger partial charge in [-0.15, -0.1) is 0 Å². The number of nitrogen functional groups attached to an aromatic ring is 1. The van der Waals surface area contributed by atoms with Crippen molar-refractivity contribution >= 4 is 29.7 Å². The maximum atomic E-state index is 12.9. The number of rotatable bonds is 4. The molecule has 3 aliphatic rings. The van der Waals surface area contributed by atoms with E-state index in [2.05, 4.69) is 10.3 Å². The number of hydrogen-bond acceptors (Lipinski definition) is 5. The minimum absolute atomic E-state index is 0.0849. The summed E-state index contributed by atoms with van der Waals surface area (Å²) in [5.41, 5.74) is 5.39. The van der Waals surface area contributed by atoms with Crippen LogP contribution in [0.2, 0.25) is 0 Å². The van der Waals surface area contributed by atoms with Crippen LogP contribution in [-0.2, 0) is 14.4 Å². The van der Waals surface area contributed by atoms with Crippen LogP contribution in [0.25, 0.3) is 0 Å². The van der Waals surface area contributed by atoms with Gasteiger partial charge < -0.3 is 20.9 Å². The van der Waals surface area contributed by atoms with E-state index in [-0.39, 0.29) is 31.3 Å². The Balaban J connectivity index is 0.000000176. The number of hydrogen-bond donors (Lipinski definition) is 2. The zero-order valence-electron chi connectivity index (χ0n) is 21.6. The first-order chi connectivity index (χ1) is 18.0. The van der Waals surface area contributed by atoms with Gasteiger partial charge in [0.1, 0.15) is 11.2 Å². The number of aromatic nitrogens is 1. The summed E-state index contributed by atoms with van der Waals surface area (Å²) in [6.45, 7) is 3.92. The molecule has 1 aromatic heterocycles. The Kier molecular flexibility index (Phi) is 9.35. The Morgan fingerprint density at radius 3 is 2.11 bits per heavy atom. The van der Waals surface area contributed by atoms with Crippen LogP contribution in [0.3, 0.4) is 0 Å². The summed E-state index contributed by atoms with van der Waals surface area (Å²) in [7, 11) is 0. The molecule has 2 saturated carbocycles. The van der Waals surface area contributed by atoms with Crippen molar-refractivity contribution < 1.29 is 27.6 Å². The van der Waals surface area contributed by atoms with Crippen LogP contribution in [0.4, 0.5) is 24.7 Å². The maximum Gasteiger partial charge on any atom is 0.403 e. The zero-order valence-corrected chi connectivity index (χ0v) is 21.6. The fraction of sp³-hybridized carbons (Fsp3) is 0.481. The third-order valence-electron chi connectivity index (χ3n) is 6.72. The lowest BCUT2D eigenvalue weighted by Crippen LogP contribution is -2.57. The van der Waals surface area contributed by atoms with E-state index in [0.717, 1.165) is 11.3 Å². The lowest BCUT2D eigenvalue weighted by molar-refractivity contribution is -0.200. The number of piperazine rings is 1. The molecule has 2 aromatic rings. The molecule has 3 N–H and O–H groups in total. The summed E-state index contributed by atoms with van der Waals surface area (Å²) < 4.78 is 38.6. The van der Waals surface area contributed by atoms with Gasteiger partial charge in [0.15, 0.2) is 0 Å². The van der Waals surface area contributed by atoms with Crippen LogP contribution in [-0.4, -0.2) is 64.9 Å². The van der Waals surface area contributed by atoms with E-state index in [4.69, 9.17) is 5.73 Å². The standard InChI is InChI=1S/C11H15F3N2O2.C10H13N3O.C6H6/c1-8-6-15(7-17)4-5-16(8)9(18)10(2-3-10)11(12,13)14;1-6(14)13-8-4-9(7-2-3-7)10(11)12-5-8;1-2-4-6-5-3-1/h7-8H,2-6H2,1H3;4-5,7H,2-3H2,1H3,(H2,11,12)(H,13,14);1-6H. The second-order valence-electron chi connectivity index (χ2n) is 9.84. The van der Waals surface area contributed by atoms with Crippen molar-refractivity contribution in [2.24, 2.45) is 5.41 Å². The number of alkyl halides is 3. The first kappa shape index (κ1) is 28.9. The summed E-state index contributed by atoms with van der Waals surface area (Å²) in [6, 6.07) is 13.6. The molecule has 1 aliphatic heterocycles. The summed E-state index contributed by atoms with van der Waals surface area (Å²) in [4.78, 5) is 40.2. The number of halogens is 3. The van der Waals surface area contributed by atoms with Crippen molar-refractivity contribution in [2.75, 3.05) is 30.7 Å². The number of pyridine rings is 1. The molecule has 1 unspecified atom stereocenters. The van der Waals surface area contributed by atoms with Gasteiger partial charge in [-0.2, -0.15) is 13.2 Å². The SMILES string of the molecule is CC(=O)Nc1cnc(N)c(C2CC2)c1.CC1CN(C=O)CCN1C(=O)C1(C(F)(F)F)CC1.c1ccccc1. The monoisotopic (exact) mass is 533 g/mol. The lowest BCUT2D eigenvalue weighted by Gasteiger charge is -2.40. The predicted molar refractivity (Wildman–Crippen MR) is 138 cm³/mol. The van der Waals surface area contributed by atoms with E-state index in [9.17, 15) is 27.6 Å². The first-order valence-corrected chi connectivity index (χ1v) is 12.6. The van der Waals surface area contributed by atoms with Crippen LogP contribution in [0, 0.1) is 5.41 Å². The fourth-order valence-electron chi connectivity index (χ4n) is 4.27. The van der Waals surface area contributed by atoms with Crippen LogP contribution in [0.15, 0.2) is 48.7 Å². The molecule has 1 saturated heterocycles. The molecule has 3 fully saturated rings. The highest BCUT2D eigenvalue weighted by atomic mass is 19.4. The van der Waals surface area contributed by atoms with Gasteiger partial charge in [0.2, 0.25) is 18.2 Å². The minimum Gasteiger partial charge on any atom is -0.383 e. The number of nitrogens with two attached hydrogens (primary N) is 1. The Bertz CT molecular complexity index is 1080. The van der Waals surface area contributed by atoms with Gasteiger partial charge in [-0.3, -0.25) is 14.4 Å². The highest BCUT2D eigenvalue weighted by Gasteiger charge is 2.69. The third-order valence-corrected chi connectivity index (χ3v) is 6.72. The van der Waals surface area contributed by atoms with Gasteiger partial charge in [0.05, 0.1) is 11.9 Å². The molecule has 1 aromatic carbocycles. The molecule has 3 amide bonds. The number of benzene rings is 1. The average molecular weight is 534 g/mol. The number of carbonyl (C=O) groups excluding carboxylic acids is 3. The largest absolute Gasteiger partial charge is 0.403 e. The van der Waals surface area contributed by atoms with Crippen molar-refractivity contribution in [3.05, 3.63) is 54.2 Å². The highest BCUT2D eigenvalue weighted by molar-refractivity contribution is 5.88. The number of nitrogens with zero attached hydrogens (tertiary/aromatic N) is 3. The van der Waals surface area contributed by atoms with Crippen molar-refractivity contribution in [1.82, 2.24) is 14.8 Å². The molecule has 0 bridgehead atoms. The van der Waals surface area contributed by atoms with Crippen molar-refractivity contribution in [3.63, 3.8) is 0 Å². The van der Waals surface area contributed by atoms with E-state index in [1.165, 1.54) is 29.6 Å². The van der Waals surface area contributed by atoms with E-state index in [0.29, 0.717) is 31.2 Å². The molecule has 38 heavy (non-hydrogen) atoms. The Labute approximate surface area is 220 Å². The van der Waals surface area contributed by atoms with Gasteiger partial charge in [-0.05, 0) is 50.2 Å². The van der Waals surface area contributed by atoms with E-state index in [1.807, 2.05) is 42.5 Å². The van der Waals surface area contributed by atoms with Gasteiger partial charge in [-0.25, -0.2) is 4.98 Å². The number of anilines is 2. The van der Waals surface area contributed by atoms with E-state index >= 15 is 0 Å². The molecule has 1 atom stereocenters. The minimum atomic E-state index is -4.47. The molecular formula is C27H34F3N5O3. The van der Waals surface area contributed by atoms with Gasteiger partial charge in [-0.1, -0.05) is 36.4 Å². The lowest BCUT2D eigenvalue weighted by atomic mass is 10.0. The van der Waals surface area contributed by atoms with E-state index in [1.54, 1.807) is 13.1 Å². The molecule has 2 heterocycles. The normalized spacial score (nSPS) is 19.7. The van der Waals surface area contributed by atoms with Gasteiger partial charge in [0, 0.05) is 32.6 Å².